The lowest BCUT2D eigenvalue weighted by atomic mass is 10.0. The van der Waals surface area contributed by atoms with Crippen LogP contribution in [0.5, 0.6) is 0 Å². The van der Waals surface area contributed by atoms with Gasteiger partial charge in [-0.3, -0.25) is 14.9 Å². The van der Waals surface area contributed by atoms with E-state index in [-0.39, 0.29) is 17.2 Å². The zero-order valence-corrected chi connectivity index (χ0v) is 12.2. The molecule has 5 heteroatoms. The van der Waals surface area contributed by atoms with Gasteiger partial charge in [0.25, 0.3) is 5.69 Å². The molecule has 1 aliphatic rings. The molecule has 2 aromatic carbocycles. The van der Waals surface area contributed by atoms with Gasteiger partial charge in [0.05, 0.1) is 4.92 Å². The summed E-state index contributed by atoms with van der Waals surface area (Å²) < 4.78 is 5.57. The molecule has 0 spiro atoms. The second kappa shape index (κ2) is 5.05. The third kappa shape index (κ3) is 2.30. The molecule has 0 saturated heterocycles. The Hall–Kier alpha value is -2.95. The summed E-state index contributed by atoms with van der Waals surface area (Å²) in [6.45, 7) is 0. The van der Waals surface area contributed by atoms with Crippen molar-refractivity contribution in [2.24, 2.45) is 0 Å². The molecule has 1 aromatic heterocycles. The van der Waals surface area contributed by atoms with Gasteiger partial charge >= 0.3 is 0 Å². The van der Waals surface area contributed by atoms with Crippen LogP contribution in [0.4, 0.5) is 5.69 Å². The second-order valence-corrected chi connectivity index (χ2v) is 5.76. The highest BCUT2D eigenvalue weighted by atomic mass is 16.6. The van der Waals surface area contributed by atoms with E-state index in [2.05, 4.69) is 0 Å². The molecule has 23 heavy (non-hydrogen) atoms. The zero-order valence-electron chi connectivity index (χ0n) is 12.2. The normalized spacial score (nSPS) is 13.2. The van der Waals surface area contributed by atoms with E-state index in [1.165, 1.54) is 29.3 Å². The van der Waals surface area contributed by atoms with Crippen molar-refractivity contribution in [3.05, 3.63) is 75.0 Å². The van der Waals surface area contributed by atoms with Crippen LogP contribution in [0.15, 0.2) is 46.9 Å². The number of non-ortho nitro benzene ring substituents is 1. The number of hydrogen-bond donors (Lipinski definition) is 0. The van der Waals surface area contributed by atoms with E-state index in [0.717, 1.165) is 19.3 Å². The highest BCUT2D eigenvalue weighted by Gasteiger charge is 2.19. The van der Waals surface area contributed by atoms with Crippen molar-refractivity contribution in [2.45, 2.75) is 19.3 Å². The van der Waals surface area contributed by atoms with Crippen molar-refractivity contribution in [1.82, 2.24) is 0 Å². The topological polar surface area (TPSA) is 73.3 Å². The summed E-state index contributed by atoms with van der Waals surface area (Å²) in [5.74, 6) is 0.0111. The average Bonchev–Trinajstić information content (AvgIpc) is 3.18. The van der Waals surface area contributed by atoms with Gasteiger partial charge < -0.3 is 4.42 Å². The van der Waals surface area contributed by atoms with E-state index in [4.69, 9.17) is 4.42 Å². The van der Waals surface area contributed by atoms with Gasteiger partial charge in [-0.1, -0.05) is 12.1 Å². The van der Waals surface area contributed by atoms with Crippen LogP contribution in [0.3, 0.4) is 0 Å². The summed E-state index contributed by atoms with van der Waals surface area (Å²) in [5.41, 5.74) is 3.58. The Morgan fingerprint density at radius 1 is 1.04 bits per heavy atom. The first kappa shape index (κ1) is 13.7. The summed E-state index contributed by atoms with van der Waals surface area (Å²) in [6.07, 6.45) is 3.20. The molecule has 4 rings (SSSR count). The summed E-state index contributed by atoms with van der Waals surface area (Å²) in [4.78, 5) is 23.0. The van der Waals surface area contributed by atoms with E-state index in [1.807, 2.05) is 18.2 Å². The predicted octanol–water partition coefficient (Wildman–Crippen LogP) is 4.06. The molecule has 0 fully saturated rings. The maximum atomic E-state index is 12.6. The number of carbonyl (C=O) groups is 1. The first-order chi connectivity index (χ1) is 11.1. The highest BCUT2D eigenvalue weighted by Crippen LogP contribution is 2.27. The van der Waals surface area contributed by atoms with Gasteiger partial charge in [-0.25, -0.2) is 0 Å². The van der Waals surface area contributed by atoms with Crippen LogP contribution in [0.1, 0.15) is 33.7 Å². The second-order valence-electron chi connectivity index (χ2n) is 5.76. The lowest BCUT2D eigenvalue weighted by Gasteiger charge is -2.02. The molecule has 0 radical (unpaired) electrons. The summed E-state index contributed by atoms with van der Waals surface area (Å²) in [5, 5.41) is 11.4. The lowest BCUT2D eigenvalue weighted by Crippen LogP contribution is -2.00. The van der Waals surface area contributed by atoms with Gasteiger partial charge in [-0.15, -0.1) is 0 Å². The first-order valence-corrected chi connectivity index (χ1v) is 7.46. The fourth-order valence-corrected chi connectivity index (χ4v) is 3.11. The monoisotopic (exact) mass is 307 g/mol. The van der Waals surface area contributed by atoms with E-state index in [9.17, 15) is 14.9 Å². The fourth-order valence-electron chi connectivity index (χ4n) is 3.11. The van der Waals surface area contributed by atoms with Crippen LogP contribution in [0.25, 0.3) is 11.0 Å². The molecule has 0 unspecified atom stereocenters. The highest BCUT2D eigenvalue weighted by molar-refractivity contribution is 6.09. The van der Waals surface area contributed by atoms with Crippen molar-refractivity contribution in [3.63, 3.8) is 0 Å². The van der Waals surface area contributed by atoms with Gasteiger partial charge in [-0.05, 0) is 48.6 Å². The molecular formula is C18H13NO4. The number of nitro groups is 1. The number of rotatable bonds is 3. The third-order valence-corrected chi connectivity index (χ3v) is 4.30. The van der Waals surface area contributed by atoms with Gasteiger partial charge in [0, 0.05) is 23.1 Å². The minimum atomic E-state index is -0.464. The Bertz CT molecular complexity index is 955. The van der Waals surface area contributed by atoms with Crippen molar-refractivity contribution in [3.8, 4) is 0 Å². The summed E-state index contributed by atoms with van der Waals surface area (Å²) in [7, 11) is 0. The van der Waals surface area contributed by atoms with Crippen molar-refractivity contribution >= 4 is 22.4 Å². The molecular weight excluding hydrogens is 294 g/mol. The number of benzene rings is 2. The first-order valence-electron chi connectivity index (χ1n) is 7.46. The van der Waals surface area contributed by atoms with Crippen LogP contribution in [0, 0.1) is 10.1 Å². The molecule has 5 nitrogen and oxygen atoms in total. The summed E-state index contributed by atoms with van der Waals surface area (Å²) >= 11 is 0. The number of carbonyl (C=O) groups excluding carboxylic acids is 1. The van der Waals surface area contributed by atoms with E-state index < -0.39 is 4.92 Å². The minimum absolute atomic E-state index is 0.0187. The molecule has 0 atom stereocenters. The van der Waals surface area contributed by atoms with Gasteiger partial charge in [0.1, 0.15) is 5.58 Å². The maximum absolute atomic E-state index is 12.6. The Balaban J connectivity index is 1.73. The predicted molar refractivity (Wildman–Crippen MR) is 84.8 cm³/mol. The number of fused-ring (bicyclic) bond motifs is 2. The third-order valence-electron chi connectivity index (χ3n) is 4.30. The van der Waals surface area contributed by atoms with Crippen LogP contribution >= 0.6 is 0 Å². The number of aryl methyl sites for hydroxylation is 2. The number of nitrogens with zero attached hydrogens (tertiary/aromatic N) is 1. The Morgan fingerprint density at radius 2 is 1.87 bits per heavy atom. The largest absolute Gasteiger partial charge is 0.453 e. The molecule has 0 saturated carbocycles. The van der Waals surface area contributed by atoms with Crippen molar-refractivity contribution in [2.75, 3.05) is 0 Å². The lowest BCUT2D eigenvalue weighted by molar-refractivity contribution is -0.384. The Morgan fingerprint density at radius 3 is 2.70 bits per heavy atom. The zero-order chi connectivity index (χ0) is 16.0. The van der Waals surface area contributed by atoms with Crippen LogP contribution in [-0.2, 0) is 12.8 Å². The fraction of sp³-hybridized carbons (Fsp3) is 0.167. The molecule has 0 aliphatic heterocycles. The van der Waals surface area contributed by atoms with Gasteiger partial charge in [-0.2, -0.15) is 0 Å². The molecule has 0 N–H and O–H groups in total. The number of furan rings is 1. The number of hydrogen-bond acceptors (Lipinski definition) is 4. The molecule has 3 aromatic rings. The maximum Gasteiger partial charge on any atom is 0.270 e. The molecule has 1 heterocycles. The summed E-state index contributed by atoms with van der Waals surface area (Å²) in [6, 6.07) is 11.6. The van der Waals surface area contributed by atoms with E-state index >= 15 is 0 Å². The van der Waals surface area contributed by atoms with Crippen LogP contribution < -0.4 is 0 Å². The Labute approximate surface area is 131 Å². The molecule has 1 aliphatic carbocycles. The van der Waals surface area contributed by atoms with Gasteiger partial charge in [0.2, 0.25) is 5.78 Å². The molecule has 0 bridgehead atoms. The minimum Gasteiger partial charge on any atom is -0.453 e. The van der Waals surface area contributed by atoms with Crippen molar-refractivity contribution < 1.29 is 14.1 Å². The smallest absolute Gasteiger partial charge is 0.270 e. The quantitative estimate of drug-likeness (QED) is 0.415. The molecule has 0 amide bonds. The number of nitro benzene ring substituents is 1. The Kier molecular flexibility index (Phi) is 3.01. The van der Waals surface area contributed by atoms with Crippen LogP contribution in [0.2, 0.25) is 0 Å². The van der Waals surface area contributed by atoms with E-state index in [0.29, 0.717) is 16.5 Å². The average molecular weight is 307 g/mol. The van der Waals surface area contributed by atoms with Gasteiger partial charge in [0.15, 0.2) is 5.76 Å². The van der Waals surface area contributed by atoms with E-state index in [1.54, 1.807) is 6.07 Å². The SMILES string of the molecule is O=C(c1ccc2c(c1)CCC2)c1cc2cc([N+](=O)[O-])ccc2o1. The standard InChI is InChI=1S/C18H13NO4/c20-18(13-5-4-11-2-1-3-12(11)8-13)17-10-14-9-15(19(21)22)6-7-16(14)23-17/h4-10H,1-3H2. The number of ketones is 1. The van der Waals surface area contributed by atoms with Crippen LogP contribution in [-0.4, -0.2) is 10.7 Å². The van der Waals surface area contributed by atoms with Crippen molar-refractivity contribution in [1.29, 1.82) is 0 Å². The molecule has 114 valence electrons.